The quantitative estimate of drug-likeness (QED) is 0.571. The summed E-state index contributed by atoms with van der Waals surface area (Å²) >= 11 is 0. The van der Waals surface area contributed by atoms with Crippen LogP contribution in [-0.4, -0.2) is 14.9 Å². The minimum atomic E-state index is -0.293. The smallest absolute Gasteiger partial charge is 0.125 e. The number of para-hydroxylation sites is 1. The van der Waals surface area contributed by atoms with Crippen molar-refractivity contribution in [3.63, 3.8) is 0 Å². The highest BCUT2D eigenvalue weighted by atomic mass is 19.1. The zero-order valence-corrected chi connectivity index (χ0v) is 13.3. The molecule has 122 valence electrons. The standard InChI is InChI=1S/C21H15FN2O/c22-16-10-12-17(13-11-16)24-20(15-6-2-1-3-7-15)14-19(23-24)18-8-4-5-9-21(18)25/h1-14,25H. The third-order valence-electron chi connectivity index (χ3n) is 4.03. The van der Waals surface area contributed by atoms with Crippen LogP contribution in [0.25, 0.3) is 28.2 Å². The molecule has 0 aliphatic carbocycles. The molecule has 1 aromatic heterocycles. The number of hydrogen-bond acceptors (Lipinski definition) is 2. The first kappa shape index (κ1) is 15.1. The van der Waals surface area contributed by atoms with E-state index >= 15 is 0 Å². The summed E-state index contributed by atoms with van der Waals surface area (Å²) in [5.74, 6) is -0.121. The molecule has 3 nitrogen and oxygen atoms in total. The molecule has 3 aromatic carbocycles. The van der Waals surface area contributed by atoms with Crippen LogP contribution in [-0.2, 0) is 0 Å². The molecule has 0 saturated carbocycles. The monoisotopic (exact) mass is 330 g/mol. The van der Waals surface area contributed by atoms with E-state index in [2.05, 4.69) is 5.10 Å². The molecule has 4 aromatic rings. The molecule has 0 atom stereocenters. The molecule has 0 bridgehead atoms. The molecule has 1 N–H and O–H groups in total. The number of benzene rings is 3. The zero-order valence-electron chi connectivity index (χ0n) is 13.3. The van der Waals surface area contributed by atoms with E-state index in [1.807, 2.05) is 48.5 Å². The van der Waals surface area contributed by atoms with Gasteiger partial charge in [0.25, 0.3) is 0 Å². The van der Waals surface area contributed by atoms with E-state index in [0.29, 0.717) is 11.3 Å². The summed E-state index contributed by atoms with van der Waals surface area (Å²) in [4.78, 5) is 0. The predicted octanol–water partition coefficient (Wildman–Crippen LogP) is 5.05. The first-order valence-electron chi connectivity index (χ1n) is 7.92. The summed E-state index contributed by atoms with van der Waals surface area (Å²) < 4.78 is 15.0. The Kier molecular flexibility index (Phi) is 3.78. The Morgan fingerprint density at radius 1 is 0.800 bits per heavy atom. The molecule has 0 spiro atoms. The van der Waals surface area contributed by atoms with Gasteiger partial charge < -0.3 is 5.11 Å². The molecule has 0 amide bonds. The van der Waals surface area contributed by atoms with Crippen molar-refractivity contribution in [2.24, 2.45) is 0 Å². The van der Waals surface area contributed by atoms with E-state index in [1.165, 1.54) is 12.1 Å². The molecule has 0 radical (unpaired) electrons. The number of phenols is 1. The Labute approximate surface area is 144 Å². The minimum Gasteiger partial charge on any atom is -0.507 e. The summed E-state index contributed by atoms with van der Waals surface area (Å²) in [6.07, 6.45) is 0. The second kappa shape index (κ2) is 6.24. The third kappa shape index (κ3) is 2.90. The molecule has 1 heterocycles. The van der Waals surface area contributed by atoms with Gasteiger partial charge in [-0.05, 0) is 42.5 Å². The van der Waals surface area contributed by atoms with Crippen molar-refractivity contribution in [2.75, 3.05) is 0 Å². The van der Waals surface area contributed by atoms with E-state index in [9.17, 15) is 9.50 Å². The van der Waals surface area contributed by atoms with Crippen molar-refractivity contribution in [1.82, 2.24) is 9.78 Å². The summed E-state index contributed by atoms with van der Waals surface area (Å²) in [6.45, 7) is 0. The lowest BCUT2D eigenvalue weighted by molar-refractivity contribution is 0.477. The fourth-order valence-corrected chi connectivity index (χ4v) is 2.80. The zero-order chi connectivity index (χ0) is 17.2. The van der Waals surface area contributed by atoms with Gasteiger partial charge >= 0.3 is 0 Å². The van der Waals surface area contributed by atoms with Gasteiger partial charge in [0.05, 0.1) is 17.1 Å². The van der Waals surface area contributed by atoms with Crippen LogP contribution in [0.4, 0.5) is 4.39 Å². The largest absolute Gasteiger partial charge is 0.507 e. The van der Waals surface area contributed by atoms with Crippen molar-refractivity contribution in [2.45, 2.75) is 0 Å². The maximum Gasteiger partial charge on any atom is 0.125 e. The molecule has 0 aliphatic heterocycles. The number of phenolic OH excluding ortho intramolecular Hbond substituents is 1. The van der Waals surface area contributed by atoms with Crippen LogP contribution in [0.5, 0.6) is 5.75 Å². The van der Waals surface area contributed by atoms with Crippen molar-refractivity contribution in [3.05, 3.63) is 90.7 Å². The van der Waals surface area contributed by atoms with Crippen LogP contribution >= 0.6 is 0 Å². The topological polar surface area (TPSA) is 38.0 Å². The van der Waals surface area contributed by atoms with Gasteiger partial charge in [-0.15, -0.1) is 0 Å². The van der Waals surface area contributed by atoms with Crippen LogP contribution in [0.15, 0.2) is 84.9 Å². The fraction of sp³-hybridized carbons (Fsp3) is 0. The number of aromatic nitrogens is 2. The predicted molar refractivity (Wildman–Crippen MR) is 96.1 cm³/mol. The maximum absolute atomic E-state index is 13.3. The van der Waals surface area contributed by atoms with Crippen LogP contribution in [0, 0.1) is 5.82 Å². The van der Waals surface area contributed by atoms with Gasteiger partial charge in [0, 0.05) is 11.1 Å². The van der Waals surface area contributed by atoms with Crippen molar-refractivity contribution in [3.8, 4) is 34.0 Å². The summed E-state index contributed by atoms with van der Waals surface area (Å²) in [5, 5.41) is 14.8. The lowest BCUT2D eigenvalue weighted by Gasteiger charge is -2.07. The van der Waals surface area contributed by atoms with E-state index in [4.69, 9.17) is 0 Å². The van der Waals surface area contributed by atoms with Gasteiger partial charge in [-0.3, -0.25) is 0 Å². The Morgan fingerprint density at radius 2 is 1.48 bits per heavy atom. The van der Waals surface area contributed by atoms with E-state index in [-0.39, 0.29) is 11.6 Å². The molecular formula is C21H15FN2O. The van der Waals surface area contributed by atoms with E-state index in [1.54, 1.807) is 28.9 Å². The fourth-order valence-electron chi connectivity index (χ4n) is 2.80. The summed E-state index contributed by atoms with van der Waals surface area (Å²) in [7, 11) is 0. The van der Waals surface area contributed by atoms with Crippen LogP contribution in [0.2, 0.25) is 0 Å². The lowest BCUT2D eigenvalue weighted by atomic mass is 10.1. The Bertz CT molecular complexity index is 1010. The molecule has 4 heteroatoms. The number of hydrogen-bond donors (Lipinski definition) is 1. The summed E-state index contributed by atoms with van der Waals surface area (Å²) in [5.41, 5.74) is 3.91. The maximum atomic E-state index is 13.3. The lowest BCUT2D eigenvalue weighted by Crippen LogP contribution is -1.99. The number of rotatable bonds is 3. The van der Waals surface area contributed by atoms with Gasteiger partial charge in [0.15, 0.2) is 0 Å². The normalized spacial score (nSPS) is 10.8. The first-order valence-corrected chi connectivity index (χ1v) is 7.92. The first-order chi connectivity index (χ1) is 12.2. The molecule has 4 rings (SSSR count). The molecule has 0 saturated heterocycles. The van der Waals surface area contributed by atoms with Crippen molar-refractivity contribution < 1.29 is 9.50 Å². The van der Waals surface area contributed by atoms with Gasteiger partial charge in [-0.25, -0.2) is 9.07 Å². The highest BCUT2D eigenvalue weighted by Crippen LogP contribution is 2.32. The van der Waals surface area contributed by atoms with E-state index in [0.717, 1.165) is 16.9 Å². The Hall–Kier alpha value is -3.40. The van der Waals surface area contributed by atoms with Gasteiger partial charge in [-0.1, -0.05) is 42.5 Å². The molecule has 0 aliphatic rings. The molecule has 25 heavy (non-hydrogen) atoms. The van der Waals surface area contributed by atoms with E-state index < -0.39 is 0 Å². The Balaban J connectivity index is 1.92. The number of aromatic hydroxyl groups is 1. The molecular weight excluding hydrogens is 315 g/mol. The SMILES string of the molecule is Oc1ccccc1-c1cc(-c2ccccc2)n(-c2ccc(F)cc2)n1. The van der Waals surface area contributed by atoms with Crippen LogP contribution in [0.3, 0.4) is 0 Å². The van der Waals surface area contributed by atoms with Gasteiger partial charge in [0.2, 0.25) is 0 Å². The highest BCUT2D eigenvalue weighted by Gasteiger charge is 2.15. The van der Waals surface area contributed by atoms with Crippen molar-refractivity contribution in [1.29, 1.82) is 0 Å². The third-order valence-corrected chi connectivity index (χ3v) is 4.03. The Morgan fingerprint density at radius 3 is 2.20 bits per heavy atom. The van der Waals surface area contributed by atoms with Crippen LogP contribution < -0.4 is 0 Å². The minimum absolute atomic E-state index is 0.172. The van der Waals surface area contributed by atoms with Crippen LogP contribution in [0.1, 0.15) is 0 Å². The average molecular weight is 330 g/mol. The second-order valence-electron chi connectivity index (χ2n) is 5.69. The number of halogens is 1. The van der Waals surface area contributed by atoms with Gasteiger partial charge in [-0.2, -0.15) is 5.10 Å². The average Bonchev–Trinajstić information content (AvgIpc) is 3.08. The number of nitrogens with zero attached hydrogens (tertiary/aromatic N) is 2. The van der Waals surface area contributed by atoms with Gasteiger partial charge in [0.1, 0.15) is 11.6 Å². The molecule has 0 fully saturated rings. The highest BCUT2D eigenvalue weighted by molar-refractivity contribution is 5.73. The molecule has 0 unspecified atom stereocenters. The summed E-state index contributed by atoms with van der Waals surface area (Å²) in [6, 6.07) is 25.0. The van der Waals surface area contributed by atoms with Crippen molar-refractivity contribution >= 4 is 0 Å². The second-order valence-corrected chi connectivity index (χ2v) is 5.69.